The Morgan fingerprint density at radius 1 is 1.50 bits per heavy atom. The predicted octanol–water partition coefficient (Wildman–Crippen LogP) is 0.194. The first-order valence-electron chi connectivity index (χ1n) is 3.81. The minimum atomic E-state index is -0.635. The van der Waals surface area contributed by atoms with Crippen LogP contribution in [0, 0.1) is 5.41 Å². The highest BCUT2D eigenvalue weighted by molar-refractivity contribution is 5.75. The van der Waals surface area contributed by atoms with Gasteiger partial charge in [0.05, 0.1) is 32.3 Å². The smallest absolute Gasteiger partial charge is 0.313 e. The fourth-order valence-corrected chi connectivity index (χ4v) is 0.727. The monoisotopic (exact) mass is 176 g/mol. The average molecular weight is 176 g/mol. The van der Waals surface area contributed by atoms with Gasteiger partial charge in [-0.25, -0.2) is 0 Å². The van der Waals surface area contributed by atoms with E-state index in [0.29, 0.717) is 0 Å². The third kappa shape index (κ3) is 3.69. The maximum Gasteiger partial charge on any atom is 0.313 e. The molecule has 72 valence electrons. The molecule has 0 aliphatic heterocycles. The van der Waals surface area contributed by atoms with E-state index in [1.54, 1.807) is 13.8 Å². The van der Waals surface area contributed by atoms with Crippen molar-refractivity contribution < 1.29 is 19.4 Å². The molecule has 0 unspecified atom stereocenters. The molecule has 0 aromatic heterocycles. The molecule has 0 heterocycles. The summed E-state index contributed by atoms with van der Waals surface area (Å²) in [6.07, 6.45) is 0. The van der Waals surface area contributed by atoms with Gasteiger partial charge in [0.2, 0.25) is 0 Å². The van der Waals surface area contributed by atoms with E-state index in [2.05, 4.69) is 4.74 Å². The summed E-state index contributed by atoms with van der Waals surface area (Å²) in [5.41, 5.74) is -0.635. The molecule has 0 aromatic rings. The van der Waals surface area contributed by atoms with Crippen LogP contribution in [0.2, 0.25) is 0 Å². The summed E-state index contributed by atoms with van der Waals surface area (Å²) in [5, 5.41) is 8.42. The molecule has 0 atom stereocenters. The lowest BCUT2D eigenvalue weighted by Crippen LogP contribution is -2.31. The molecule has 0 aromatic carbocycles. The number of carbonyl (C=O) groups excluding carboxylic acids is 1. The standard InChI is InChI=1S/C8H16O4/c1-8(2,7(10)11-3)6-12-5-4-9/h9H,4-6H2,1-3H3. The van der Waals surface area contributed by atoms with Gasteiger partial charge in [-0.05, 0) is 13.8 Å². The van der Waals surface area contributed by atoms with Crippen molar-refractivity contribution in [1.29, 1.82) is 0 Å². The SMILES string of the molecule is COC(=O)C(C)(C)COCCO. The molecule has 0 bridgehead atoms. The number of esters is 1. The molecule has 0 radical (unpaired) electrons. The average Bonchev–Trinajstić information content (AvgIpc) is 2.03. The lowest BCUT2D eigenvalue weighted by Gasteiger charge is -2.20. The van der Waals surface area contributed by atoms with E-state index >= 15 is 0 Å². The second-order valence-corrected chi connectivity index (χ2v) is 3.15. The third-order valence-electron chi connectivity index (χ3n) is 1.44. The van der Waals surface area contributed by atoms with Crippen LogP contribution in [0.5, 0.6) is 0 Å². The number of hydrogen-bond acceptors (Lipinski definition) is 4. The first-order chi connectivity index (χ1) is 5.54. The van der Waals surface area contributed by atoms with Gasteiger partial charge in [0, 0.05) is 0 Å². The van der Waals surface area contributed by atoms with Gasteiger partial charge in [-0.15, -0.1) is 0 Å². The van der Waals surface area contributed by atoms with Gasteiger partial charge in [0.15, 0.2) is 0 Å². The molecule has 4 heteroatoms. The van der Waals surface area contributed by atoms with Gasteiger partial charge in [-0.3, -0.25) is 4.79 Å². The van der Waals surface area contributed by atoms with E-state index in [1.807, 2.05) is 0 Å². The number of ether oxygens (including phenoxy) is 2. The van der Waals surface area contributed by atoms with E-state index in [-0.39, 0.29) is 25.8 Å². The summed E-state index contributed by atoms with van der Waals surface area (Å²) in [5.74, 6) is -0.305. The summed E-state index contributed by atoms with van der Waals surface area (Å²) in [4.78, 5) is 11.1. The number of aliphatic hydroxyl groups excluding tert-OH is 1. The molecule has 1 N–H and O–H groups in total. The van der Waals surface area contributed by atoms with Crippen molar-refractivity contribution in [3.8, 4) is 0 Å². The van der Waals surface area contributed by atoms with Crippen LogP contribution in [0.4, 0.5) is 0 Å². The molecule has 0 aliphatic rings. The Kier molecular flexibility index (Phi) is 4.85. The zero-order valence-electron chi connectivity index (χ0n) is 7.79. The normalized spacial score (nSPS) is 11.3. The van der Waals surface area contributed by atoms with Crippen LogP contribution in [0.1, 0.15) is 13.8 Å². The summed E-state index contributed by atoms with van der Waals surface area (Å²) in [6.45, 7) is 3.95. The van der Waals surface area contributed by atoms with Gasteiger partial charge in [-0.2, -0.15) is 0 Å². The zero-order valence-corrected chi connectivity index (χ0v) is 7.79. The lowest BCUT2D eigenvalue weighted by molar-refractivity contribution is -0.154. The largest absolute Gasteiger partial charge is 0.469 e. The summed E-state index contributed by atoms with van der Waals surface area (Å²) >= 11 is 0. The van der Waals surface area contributed by atoms with Crippen LogP contribution in [-0.2, 0) is 14.3 Å². The maximum atomic E-state index is 11.1. The Balaban J connectivity index is 3.78. The number of aliphatic hydroxyl groups is 1. The minimum absolute atomic E-state index is 0.0305. The molecule has 0 spiro atoms. The summed E-state index contributed by atoms with van der Waals surface area (Å²) in [7, 11) is 1.34. The minimum Gasteiger partial charge on any atom is -0.469 e. The Bertz CT molecular complexity index is 142. The first-order valence-corrected chi connectivity index (χ1v) is 3.81. The van der Waals surface area contributed by atoms with Crippen LogP contribution in [-0.4, -0.2) is 38.0 Å². The van der Waals surface area contributed by atoms with Crippen molar-refractivity contribution in [2.75, 3.05) is 26.9 Å². The molecule has 0 fully saturated rings. The highest BCUT2D eigenvalue weighted by atomic mass is 16.5. The molecule has 0 amide bonds. The summed E-state index contributed by atoms with van der Waals surface area (Å²) < 4.78 is 9.58. The molecule has 0 saturated heterocycles. The highest BCUT2D eigenvalue weighted by Crippen LogP contribution is 2.16. The van der Waals surface area contributed by atoms with Crippen LogP contribution >= 0.6 is 0 Å². The van der Waals surface area contributed by atoms with Gasteiger partial charge in [0.25, 0.3) is 0 Å². The predicted molar refractivity (Wildman–Crippen MR) is 43.7 cm³/mol. The highest BCUT2D eigenvalue weighted by Gasteiger charge is 2.28. The Labute approximate surface area is 72.5 Å². The van der Waals surface area contributed by atoms with Crippen LogP contribution in [0.3, 0.4) is 0 Å². The van der Waals surface area contributed by atoms with Crippen LogP contribution in [0.25, 0.3) is 0 Å². The molecule has 0 aliphatic carbocycles. The topological polar surface area (TPSA) is 55.8 Å². The molecule has 0 saturated carbocycles. The van der Waals surface area contributed by atoms with Crippen molar-refractivity contribution in [1.82, 2.24) is 0 Å². The van der Waals surface area contributed by atoms with Crippen LogP contribution < -0.4 is 0 Å². The third-order valence-corrected chi connectivity index (χ3v) is 1.44. The molecule has 12 heavy (non-hydrogen) atoms. The van der Waals surface area contributed by atoms with E-state index in [0.717, 1.165) is 0 Å². The lowest BCUT2D eigenvalue weighted by atomic mass is 9.95. The van der Waals surface area contributed by atoms with Gasteiger partial charge in [0.1, 0.15) is 0 Å². The number of hydrogen-bond donors (Lipinski definition) is 1. The van der Waals surface area contributed by atoms with Crippen molar-refractivity contribution in [2.45, 2.75) is 13.8 Å². The van der Waals surface area contributed by atoms with E-state index < -0.39 is 5.41 Å². The first kappa shape index (κ1) is 11.4. The van der Waals surface area contributed by atoms with Crippen molar-refractivity contribution >= 4 is 5.97 Å². The second kappa shape index (κ2) is 5.11. The fourth-order valence-electron chi connectivity index (χ4n) is 0.727. The quantitative estimate of drug-likeness (QED) is 0.480. The zero-order chi connectivity index (χ0) is 9.61. The number of methoxy groups -OCH3 is 1. The van der Waals surface area contributed by atoms with Gasteiger partial charge < -0.3 is 14.6 Å². The number of carbonyl (C=O) groups is 1. The van der Waals surface area contributed by atoms with E-state index in [9.17, 15) is 4.79 Å². The molecular weight excluding hydrogens is 160 g/mol. The van der Waals surface area contributed by atoms with Crippen molar-refractivity contribution in [3.05, 3.63) is 0 Å². The Morgan fingerprint density at radius 3 is 2.50 bits per heavy atom. The van der Waals surface area contributed by atoms with Gasteiger partial charge >= 0.3 is 5.97 Å². The second-order valence-electron chi connectivity index (χ2n) is 3.15. The molecule has 0 rings (SSSR count). The fraction of sp³-hybridized carbons (Fsp3) is 0.875. The maximum absolute atomic E-state index is 11.1. The Hall–Kier alpha value is -0.610. The van der Waals surface area contributed by atoms with Crippen LogP contribution in [0.15, 0.2) is 0 Å². The van der Waals surface area contributed by atoms with E-state index in [1.165, 1.54) is 7.11 Å². The Morgan fingerprint density at radius 2 is 2.08 bits per heavy atom. The van der Waals surface area contributed by atoms with E-state index in [4.69, 9.17) is 9.84 Å². The van der Waals surface area contributed by atoms with Crippen molar-refractivity contribution in [3.63, 3.8) is 0 Å². The van der Waals surface area contributed by atoms with Crippen molar-refractivity contribution in [2.24, 2.45) is 5.41 Å². The van der Waals surface area contributed by atoms with Gasteiger partial charge in [-0.1, -0.05) is 0 Å². The summed E-state index contributed by atoms with van der Waals surface area (Å²) in [6, 6.07) is 0. The number of rotatable bonds is 5. The molecular formula is C8H16O4. The molecule has 4 nitrogen and oxygen atoms in total.